The second-order valence-corrected chi connectivity index (χ2v) is 12.4. The lowest BCUT2D eigenvalue weighted by molar-refractivity contribution is -0.126. The first kappa shape index (κ1) is 33.2. The highest BCUT2D eigenvalue weighted by Crippen LogP contribution is 2.38. The topological polar surface area (TPSA) is 115 Å². The monoisotopic (exact) mass is 644 g/mol. The minimum atomic E-state index is -0.974. The minimum absolute atomic E-state index is 0.0877. The fraction of sp³-hybridized carbons (Fsp3) is 0.278. The molecule has 5 rings (SSSR count). The molecule has 0 spiro atoms. The van der Waals surface area contributed by atoms with Crippen molar-refractivity contribution in [3.05, 3.63) is 125 Å². The first-order chi connectivity index (χ1) is 22.3. The third kappa shape index (κ3) is 7.79. The van der Waals surface area contributed by atoms with Crippen molar-refractivity contribution in [1.82, 2.24) is 15.2 Å². The predicted octanol–water partition coefficient (Wildman–Crippen LogP) is 6.81. The number of ether oxygens (including phenoxy) is 1. The van der Waals surface area contributed by atoms with Crippen molar-refractivity contribution in [3.8, 4) is 11.1 Å². The maximum absolute atomic E-state index is 14.4. The van der Waals surface area contributed by atoms with E-state index in [-0.39, 0.29) is 23.2 Å². The molecule has 11 heteroatoms. The highest BCUT2D eigenvalue weighted by Gasteiger charge is 2.44. The van der Waals surface area contributed by atoms with Gasteiger partial charge in [0, 0.05) is 17.8 Å². The zero-order chi connectivity index (χ0) is 33.9. The number of pyridine rings is 1. The Bertz CT molecular complexity index is 1770. The molecule has 0 saturated carbocycles. The summed E-state index contributed by atoms with van der Waals surface area (Å²) in [7, 11) is 0. The second kappa shape index (κ2) is 13.7. The number of nitrogens with two attached hydrogens (primary N) is 1. The van der Waals surface area contributed by atoms with E-state index >= 15 is 0 Å². The van der Waals surface area contributed by atoms with Crippen molar-refractivity contribution in [3.63, 3.8) is 0 Å². The number of hydrogen-bond acceptors (Lipinski definition) is 5. The molecule has 4 aromatic rings. The van der Waals surface area contributed by atoms with Crippen LogP contribution in [0.3, 0.4) is 0 Å². The van der Waals surface area contributed by atoms with Crippen LogP contribution in [0.2, 0.25) is 0 Å². The third-order valence-corrected chi connectivity index (χ3v) is 7.87. The van der Waals surface area contributed by atoms with Crippen molar-refractivity contribution in [2.24, 2.45) is 5.73 Å². The molecule has 0 aliphatic carbocycles. The van der Waals surface area contributed by atoms with Gasteiger partial charge in [0.05, 0.1) is 23.3 Å². The Morgan fingerprint density at radius 3 is 2.32 bits per heavy atom. The molecule has 2 heterocycles. The van der Waals surface area contributed by atoms with Crippen molar-refractivity contribution in [2.75, 3.05) is 0 Å². The summed E-state index contributed by atoms with van der Waals surface area (Å²) >= 11 is 0. The lowest BCUT2D eigenvalue weighted by Gasteiger charge is -2.33. The van der Waals surface area contributed by atoms with E-state index in [2.05, 4.69) is 10.3 Å². The van der Waals surface area contributed by atoms with E-state index in [4.69, 9.17) is 10.5 Å². The van der Waals surface area contributed by atoms with Crippen LogP contribution in [0.1, 0.15) is 72.9 Å². The van der Waals surface area contributed by atoms with Gasteiger partial charge in [-0.25, -0.2) is 18.0 Å². The molecule has 3 amide bonds. The SMILES string of the molecule is CC(C)(C)OC(=O)N1[C@@H](C(=O)N[C@@H](Cc2cc(F)cc(F)c2)c2ncccc2-c2ccc(F)c(C(N)=O)c2)CC[C@H]1c1ccccc1. The predicted molar refractivity (Wildman–Crippen MR) is 169 cm³/mol. The standard InChI is InChI=1S/C36H35F3N4O4/c1-36(2,3)47-35(46)43-30(22-8-5-4-6-9-22)13-14-31(43)34(45)42-29(18-21-16-24(37)20-25(38)17-21)32-26(10-7-15-41-32)23-11-12-28(39)27(19-23)33(40)44/h4-12,15-17,19-20,29-31H,13-14,18H2,1-3H3,(H2,40,44)(H,42,45)/t29-,30-,31+/m0/s1. The zero-order valence-corrected chi connectivity index (χ0v) is 26.2. The van der Waals surface area contributed by atoms with Crippen molar-refractivity contribution >= 4 is 17.9 Å². The smallest absolute Gasteiger partial charge is 0.411 e. The van der Waals surface area contributed by atoms with Gasteiger partial charge < -0.3 is 15.8 Å². The van der Waals surface area contributed by atoms with Gasteiger partial charge in [-0.1, -0.05) is 42.5 Å². The van der Waals surface area contributed by atoms with Crippen LogP contribution in [-0.4, -0.2) is 39.4 Å². The molecule has 1 aromatic heterocycles. The number of nitrogens with zero attached hydrogens (tertiary/aromatic N) is 2. The molecule has 3 N–H and O–H groups in total. The number of nitrogens with one attached hydrogen (secondary N) is 1. The number of carbonyl (C=O) groups excluding carboxylic acids is 3. The third-order valence-electron chi connectivity index (χ3n) is 7.87. The molecule has 0 unspecified atom stereocenters. The normalized spacial score (nSPS) is 16.9. The van der Waals surface area contributed by atoms with Crippen molar-refractivity contribution in [1.29, 1.82) is 0 Å². The number of primary amides is 1. The first-order valence-electron chi connectivity index (χ1n) is 15.2. The highest BCUT2D eigenvalue weighted by molar-refractivity contribution is 5.94. The van der Waals surface area contributed by atoms with E-state index in [1.54, 1.807) is 32.9 Å². The Labute approximate surface area is 270 Å². The zero-order valence-electron chi connectivity index (χ0n) is 26.2. The first-order valence-corrected chi connectivity index (χ1v) is 15.2. The van der Waals surface area contributed by atoms with Crippen LogP contribution in [0.15, 0.2) is 85.1 Å². The van der Waals surface area contributed by atoms with Crippen LogP contribution >= 0.6 is 0 Å². The van der Waals surface area contributed by atoms with Gasteiger partial charge in [0.15, 0.2) is 0 Å². The number of amides is 3. The summed E-state index contributed by atoms with van der Waals surface area (Å²) < 4.78 is 48.7. The number of halogens is 3. The van der Waals surface area contributed by atoms with E-state index in [1.165, 1.54) is 23.2 Å². The molecule has 1 fully saturated rings. The van der Waals surface area contributed by atoms with Crippen LogP contribution in [0, 0.1) is 17.5 Å². The Kier molecular flexibility index (Phi) is 9.64. The van der Waals surface area contributed by atoms with Gasteiger partial charge in [-0.2, -0.15) is 0 Å². The fourth-order valence-corrected chi connectivity index (χ4v) is 5.91. The molecule has 1 aliphatic rings. The molecule has 47 heavy (non-hydrogen) atoms. The summed E-state index contributed by atoms with van der Waals surface area (Å²) in [6.07, 6.45) is 1.55. The van der Waals surface area contributed by atoms with Crippen LogP contribution in [0.4, 0.5) is 18.0 Å². The minimum Gasteiger partial charge on any atom is -0.444 e. The average Bonchev–Trinajstić information content (AvgIpc) is 3.46. The Balaban J connectivity index is 1.55. The summed E-state index contributed by atoms with van der Waals surface area (Å²) in [5.74, 6) is -3.89. The summed E-state index contributed by atoms with van der Waals surface area (Å²) in [6.45, 7) is 5.22. The molecule has 8 nitrogen and oxygen atoms in total. The summed E-state index contributed by atoms with van der Waals surface area (Å²) in [4.78, 5) is 45.7. The summed E-state index contributed by atoms with van der Waals surface area (Å²) in [6, 6.07) is 17.1. The van der Waals surface area contributed by atoms with Crippen LogP contribution < -0.4 is 11.1 Å². The molecule has 0 bridgehead atoms. The maximum atomic E-state index is 14.4. The number of hydrogen-bond donors (Lipinski definition) is 2. The van der Waals surface area contributed by atoms with Gasteiger partial charge in [-0.05, 0) is 87.1 Å². The van der Waals surface area contributed by atoms with E-state index < -0.39 is 59.1 Å². The molecule has 3 aromatic carbocycles. The van der Waals surface area contributed by atoms with Crippen LogP contribution in [0.5, 0.6) is 0 Å². The molecule has 3 atom stereocenters. The number of carbonyl (C=O) groups is 3. The molecule has 1 aliphatic heterocycles. The van der Waals surface area contributed by atoms with E-state index in [1.807, 2.05) is 30.3 Å². The van der Waals surface area contributed by atoms with Gasteiger partial charge in [-0.3, -0.25) is 19.5 Å². The second-order valence-electron chi connectivity index (χ2n) is 12.4. The molecule has 0 radical (unpaired) electrons. The van der Waals surface area contributed by atoms with Crippen LogP contribution in [0.25, 0.3) is 11.1 Å². The van der Waals surface area contributed by atoms with Gasteiger partial charge in [0.1, 0.15) is 29.1 Å². The lowest BCUT2D eigenvalue weighted by atomic mass is 9.94. The Hall–Kier alpha value is -5.19. The van der Waals surface area contributed by atoms with Crippen molar-refractivity contribution < 1.29 is 32.3 Å². The Morgan fingerprint density at radius 1 is 0.957 bits per heavy atom. The van der Waals surface area contributed by atoms with Crippen LogP contribution in [-0.2, 0) is 16.0 Å². The van der Waals surface area contributed by atoms with Crippen molar-refractivity contribution in [2.45, 2.75) is 63.8 Å². The number of aromatic nitrogens is 1. The number of likely N-dealkylation sites (tertiary alicyclic amines) is 1. The van der Waals surface area contributed by atoms with E-state index in [9.17, 15) is 27.6 Å². The quantitative estimate of drug-likeness (QED) is 0.219. The van der Waals surface area contributed by atoms with Gasteiger partial charge in [-0.15, -0.1) is 0 Å². The van der Waals surface area contributed by atoms with Gasteiger partial charge in [0.25, 0.3) is 5.91 Å². The van der Waals surface area contributed by atoms with E-state index in [0.717, 1.165) is 29.8 Å². The largest absolute Gasteiger partial charge is 0.444 e. The molecule has 244 valence electrons. The molecular weight excluding hydrogens is 609 g/mol. The lowest BCUT2D eigenvalue weighted by Crippen LogP contribution is -2.49. The maximum Gasteiger partial charge on any atom is 0.411 e. The summed E-state index contributed by atoms with van der Waals surface area (Å²) in [5.41, 5.74) is 6.40. The van der Waals surface area contributed by atoms with E-state index in [0.29, 0.717) is 24.0 Å². The van der Waals surface area contributed by atoms with Gasteiger partial charge >= 0.3 is 6.09 Å². The fourth-order valence-electron chi connectivity index (χ4n) is 5.91. The molecular formula is C36H35F3N4O4. The highest BCUT2D eigenvalue weighted by atomic mass is 19.1. The number of benzene rings is 3. The van der Waals surface area contributed by atoms with Gasteiger partial charge in [0.2, 0.25) is 5.91 Å². The number of rotatable bonds is 8. The average molecular weight is 645 g/mol. The molecule has 1 saturated heterocycles. The summed E-state index contributed by atoms with van der Waals surface area (Å²) in [5, 5.41) is 2.98. The Morgan fingerprint density at radius 2 is 1.66 bits per heavy atom.